The summed E-state index contributed by atoms with van der Waals surface area (Å²) in [6, 6.07) is 3.04. The van der Waals surface area contributed by atoms with Gasteiger partial charge in [-0.3, -0.25) is 4.79 Å². The van der Waals surface area contributed by atoms with Gasteiger partial charge in [0.1, 0.15) is 10.7 Å². The third-order valence-electron chi connectivity index (χ3n) is 3.31. The van der Waals surface area contributed by atoms with Gasteiger partial charge in [0, 0.05) is 11.4 Å². The number of pyridine rings is 2. The fraction of sp³-hybridized carbons (Fsp3) is 0.250. The average molecular weight is 371 g/mol. The lowest BCUT2D eigenvalue weighted by atomic mass is 10.1. The number of carboxylic acids is 1. The molecule has 0 aliphatic rings. The highest BCUT2D eigenvalue weighted by Gasteiger charge is 2.12. The number of hydrogen-bond acceptors (Lipinski definition) is 5. The molecule has 24 heavy (non-hydrogen) atoms. The van der Waals surface area contributed by atoms with Crippen LogP contribution in [0.1, 0.15) is 43.2 Å². The van der Waals surface area contributed by atoms with Gasteiger partial charge in [0.15, 0.2) is 0 Å². The molecule has 6 nitrogen and oxygen atoms in total. The van der Waals surface area contributed by atoms with E-state index in [4.69, 9.17) is 33.4 Å². The highest BCUT2D eigenvalue weighted by molar-refractivity contribution is 6.68. The summed E-state index contributed by atoms with van der Waals surface area (Å²) in [5.74, 6) is -1.59. The van der Waals surface area contributed by atoms with Crippen molar-refractivity contribution in [2.24, 2.45) is 0 Å². The van der Waals surface area contributed by atoms with Crippen LogP contribution in [0.5, 0.6) is 5.88 Å². The van der Waals surface area contributed by atoms with Gasteiger partial charge in [-0.05, 0) is 62.6 Å². The second kappa shape index (κ2) is 8.08. The SMILES string of the molecule is Cc1cc(C(=O)Cl)c(Cl)nc1C.Cc1cc(C(=O)O)c(O)nc1C. The molecule has 0 aliphatic carbocycles. The summed E-state index contributed by atoms with van der Waals surface area (Å²) in [4.78, 5) is 28.9. The fourth-order valence-electron chi connectivity index (χ4n) is 1.66. The lowest BCUT2D eigenvalue weighted by Crippen LogP contribution is -2.00. The van der Waals surface area contributed by atoms with Crippen LogP contribution in [0.3, 0.4) is 0 Å². The van der Waals surface area contributed by atoms with E-state index in [0.717, 1.165) is 16.8 Å². The van der Waals surface area contributed by atoms with E-state index in [-0.39, 0.29) is 16.3 Å². The Balaban J connectivity index is 0.000000240. The molecule has 0 amide bonds. The summed E-state index contributed by atoms with van der Waals surface area (Å²) >= 11 is 10.9. The third-order valence-corrected chi connectivity index (χ3v) is 3.80. The first-order valence-corrected chi connectivity index (χ1v) is 7.54. The highest BCUT2D eigenvalue weighted by Crippen LogP contribution is 2.19. The molecule has 0 aromatic carbocycles. The van der Waals surface area contributed by atoms with Crippen molar-refractivity contribution in [2.45, 2.75) is 27.7 Å². The number of aryl methyl sites for hydroxylation is 4. The topological polar surface area (TPSA) is 100 Å². The van der Waals surface area contributed by atoms with Crippen LogP contribution in [0.15, 0.2) is 12.1 Å². The fourth-order valence-corrected chi connectivity index (χ4v) is 2.12. The molecule has 8 heteroatoms. The molecule has 2 heterocycles. The van der Waals surface area contributed by atoms with Crippen molar-refractivity contribution < 1.29 is 19.8 Å². The van der Waals surface area contributed by atoms with Crippen LogP contribution >= 0.6 is 23.2 Å². The molecule has 2 N–H and O–H groups in total. The molecule has 0 radical (unpaired) electrons. The van der Waals surface area contributed by atoms with Crippen molar-refractivity contribution in [1.82, 2.24) is 9.97 Å². The van der Waals surface area contributed by atoms with Crippen molar-refractivity contribution in [1.29, 1.82) is 0 Å². The van der Waals surface area contributed by atoms with Gasteiger partial charge in [-0.1, -0.05) is 11.6 Å². The second-order valence-electron chi connectivity index (χ2n) is 5.07. The van der Waals surface area contributed by atoms with E-state index in [9.17, 15) is 9.59 Å². The molecule has 0 aliphatic heterocycles. The first kappa shape index (κ1) is 19.9. The lowest BCUT2D eigenvalue weighted by molar-refractivity contribution is 0.0692. The number of aromatic hydroxyl groups is 1. The second-order valence-corrected chi connectivity index (χ2v) is 5.77. The molecule has 0 fully saturated rings. The smallest absolute Gasteiger partial charge is 0.341 e. The molecule has 0 saturated heterocycles. The van der Waals surface area contributed by atoms with Gasteiger partial charge in [0.2, 0.25) is 5.88 Å². The number of halogens is 2. The Labute approximate surface area is 149 Å². The zero-order valence-corrected chi connectivity index (χ0v) is 15.0. The van der Waals surface area contributed by atoms with Gasteiger partial charge in [-0.15, -0.1) is 0 Å². The maximum atomic E-state index is 10.8. The number of hydrogen-bond donors (Lipinski definition) is 2. The Morgan fingerprint density at radius 3 is 1.88 bits per heavy atom. The zero-order chi connectivity index (χ0) is 18.6. The monoisotopic (exact) mass is 370 g/mol. The van der Waals surface area contributed by atoms with Gasteiger partial charge in [-0.2, -0.15) is 0 Å². The first-order valence-electron chi connectivity index (χ1n) is 6.78. The predicted molar refractivity (Wildman–Crippen MR) is 91.2 cm³/mol. The Bertz CT molecular complexity index is 740. The quantitative estimate of drug-likeness (QED) is 0.615. The lowest BCUT2D eigenvalue weighted by Gasteiger charge is -2.02. The van der Waals surface area contributed by atoms with Crippen molar-refractivity contribution in [3.05, 3.63) is 50.9 Å². The Kier molecular flexibility index (Phi) is 6.69. The van der Waals surface area contributed by atoms with E-state index in [2.05, 4.69) is 9.97 Å². The minimum atomic E-state index is -1.16. The predicted octanol–water partition coefficient (Wildman–Crippen LogP) is 3.83. The summed E-state index contributed by atoms with van der Waals surface area (Å²) < 4.78 is 0. The number of aromatic carboxylic acids is 1. The van der Waals surface area contributed by atoms with E-state index in [1.165, 1.54) is 6.07 Å². The standard InChI is InChI=1S/C8H7Cl2NO.C8H9NO3/c1-4-3-6(8(10)12)7(9)11-5(4)2;1-4-3-6(8(11)12)7(10)9-5(4)2/h3H,1-2H3;3H,1-2H3,(H,9,10)(H,11,12). The third kappa shape index (κ3) is 4.91. The van der Waals surface area contributed by atoms with Crippen molar-refractivity contribution in [3.63, 3.8) is 0 Å². The Hall–Kier alpha value is -2.18. The van der Waals surface area contributed by atoms with Crippen molar-refractivity contribution in [3.8, 4) is 5.88 Å². The molecule has 0 unspecified atom stereocenters. The Morgan fingerprint density at radius 2 is 1.42 bits per heavy atom. The summed E-state index contributed by atoms with van der Waals surface area (Å²) in [5, 5.41) is 17.3. The van der Waals surface area contributed by atoms with Crippen LogP contribution in [0.2, 0.25) is 5.15 Å². The van der Waals surface area contributed by atoms with Crippen LogP contribution in [0.25, 0.3) is 0 Å². The average Bonchev–Trinajstić information content (AvgIpc) is 2.46. The molecule has 0 atom stereocenters. The summed E-state index contributed by atoms with van der Waals surface area (Å²) in [5.41, 5.74) is 3.22. The summed E-state index contributed by atoms with van der Waals surface area (Å²) in [6.07, 6.45) is 0. The van der Waals surface area contributed by atoms with E-state index in [0.29, 0.717) is 5.69 Å². The highest BCUT2D eigenvalue weighted by atomic mass is 35.5. The first-order chi connectivity index (χ1) is 11.0. The van der Waals surface area contributed by atoms with E-state index in [1.807, 2.05) is 13.8 Å². The summed E-state index contributed by atoms with van der Waals surface area (Å²) in [7, 11) is 0. The number of carbonyl (C=O) groups excluding carboxylic acids is 1. The molecule has 0 spiro atoms. The minimum absolute atomic E-state index is 0.155. The number of rotatable bonds is 2. The van der Waals surface area contributed by atoms with Crippen LogP contribution < -0.4 is 0 Å². The van der Waals surface area contributed by atoms with E-state index in [1.54, 1.807) is 19.9 Å². The van der Waals surface area contributed by atoms with Gasteiger partial charge in [0.25, 0.3) is 5.24 Å². The van der Waals surface area contributed by atoms with E-state index >= 15 is 0 Å². The van der Waals surface area contributed by atoms with Gasteiger partial charge < -0.3 is 10.2 Å². The molecular formula is C16H16Cl2N2O4. The van der Waals surface area contributed by atoms with Crippen LogP contribution in [-0.2, 0) is 0 Å². The number of carbonyl (C=O) groups is 2. The normalized spacial score (nSPS) is 9.92. The minimum Gasteiger partial charge on any atom is -0.493 e. The van der Waals surface area contributed by atoms with Crippen molar-refractivity contribution >= 4 is 34.4 Å². The van der Waals surface area contributed by atoms with Crippen LogP contribution in [-0.4, -0.2) is 31.4 Å². The number of aromatic nitrogens is 2. The molecule has 0 bridgehead atoms. The maximum Gasteiger partial charge on any atom is 0.341 e. The molecule has 2 aromatic rings. The van der Waals surface area contributed by atoms with Gasteiger partial charge in [-0.25, -0.2) is 14.8 Å². The van der Waals surface area contributed by atoms with Crippen LogP contribution in [0, 0.1) is 27.7 Å². The molecule has 2 rings (SSSR count). The molecular weight excluding hydrogens is 355 g/mol. The van der Waals surface area contributed by atoms with Gasteiger partial charge in [0.05, 0.1) is 5.56 Å². The summed E-state index contributed by atoms with van der Waals surface area (Å²) in [6.45, 7) is 7.13. The van der Waals surface area contributed by atoms with E-state index < -0.39 is 17.1 Å². The molecule has 0 saturated carbocycles. The number of carboxylic acid groups (broad SMARTS) is 1. The largest absolute Gasteiger partial charge is 0.493 e. The number of nitrogens with zero attached hydrogens (tertiary/aromatic N) is 2. The van der Waals surface area contributed by atoms with Crippen molar-refractivity contribution in [2.75, 3.05) is 0 Å². The maximum absolute atomic E-state index is 10.8. The van der Waals surface area contributed by atoms with Crippen LogP contribution in [0.4, 0.5) is 0 Å². The zero-order valence-electron chi connectivity index (χ0n) is 13.5. The Morgan fingerprint density at radius 1 is 0.958 bits per heavy atom. The molecule has 128 valence electrons. The van der Waals surface area contributed by atoms with Gasteiger partial charge >= 0.3 is 5.97 Å². The molecule has 2 aromatic heterocycles.